The van der Waals surface area contributed by atoms with Gasteiger partial charge in [-0.15, -0.1) is 0 Å². The van der Waals surface area contributed by atoms with Crippen molar-refractivity contribution in [3.05, 3.63) is 106 Å². The first-order chi connectivity index (χ1) is 28.5. The number of nitrogens with one attached hydrogen (secondary N) is 2. The molecule has 0 unspecified atom stereocenters. The Bertz CT molecular complexity index is 2080. The van der Waals surface area contributed by atoms with E-state index in [0.29, 0.717) is 43.0 Å². The van der Waals surface area contributed by atoms with Crippen molar-refractivity contribution in [3.63, 3.8) is 0 Å². The molecule has 324 valence electrons. The molecule has 0 spiro atoms. The summed E-state index contributed by atoms with van der Waals surface area (Å²) in [6.07, 6.45) is 4.33. The molecule has 0 fully saturated rings. The van der Waals surface area contributed by atoms with Crippen molar-refractivity contribution in [2.24, 2.45) is 11.5 Å². The molecule has 0 bridgehead atoms. The zero-order valence-electron chi connectivity index (χ0n) is 33.8. The number of rotatable bonds is 21. The van der Waals surface area contributed by atoms with Crippen molar-refractivity contribution in [2.75, 3.05) is 24.7 Å². The summed E-state index contributed by atoms with van der Waals surface area (Å²) >= 11 is 0. The van der Waals surface area contributed by atoms with Crippen LogP contribution in [0.3, 0.4) is 0 Å². The van der Waals surface area contributed by atoms with Crippen LogP contribution in [0.15, 0.2) is 72.8 Å². The molecule has 0 saturated heterocycles. The molecular formula is C43H54F2N5O9P. The van der Waals surface area contributed by atoms with Gasteiger partial charge in [0.25, 0.3) is 0 Å². The summed E-state index contributed by atoms with van der Waals surface area (Å²) in [5.41, 5.74) is 10.8. The van der Waals surface area contributed by atoms with Crippen LogP contribution in [0.1, 0.15) is 79.3 Å². The van der Waals surface area contributed by atoms with Crippen molar-refractivity contribution in [2.45, 2.75) is 102 Å². The number of allylic oxidation sites excluding steroid dienone is 1. The molecule has 5 rings (SSSR count). The smallest absolute Gasteiger partial charge is 0.381 e. The monoisotopic (exact) mass is 853 g/mol. The van der Waals surface area contributed by atoms with E-state index in [9.17, 15) is 32.5 Å². The van der Waals surface area contributed by atoms with Crippen LogP contribution in [0, 0.1) is 0 Å². The van der Waals surface area contributed by atoms with Gasteiger partial charge < -0.3 is 41.4 Å². The van der Waals surface area contributed by atoms with E-state index in [0.717, 1.165) is 48.1 Å². The number of hydrogen-bond acceptors (Lipinski definition) is 8. The SMILES string of the molecule is C/C(=C\C(=O)N[C@H]1CCc2cccc3c2N(C1=O)[C@H](C(=O)N[C@@H](CCC(N)=O)[C@@H](C)OCc1ccc(CCCOCCCN)cc1)C3)c1ccc(C(F)(F)P(=O)(O)O)cc1. The Labute approximate surface area is 348 Å². The molecule has 2 aliphatic rings. The van der Waals surface area contributed by atoms with E-state index in [1.54, 1.807) is 13.8 Å². The van der Waals surface area contributed by atoms with Gasteiger partial charge in [-0.3, -0.25) is 28.6 Å². The van der Waals surface area contributed by atoms with Crippen molar-refractivity contribution in [3.8, 4) is 0 Å². The zero-order valence-corrected chi connectivity index (χ0v) is 34.7. The lowest BCUT2D eigenvalue weighted by Gasteiger charge is -2.31. The van der Waals surface area contributed by atoms with Crippen molar-refractivity contribution < 1.29 is 51.8 Å². The van der Waals surface area contributed by atoms with E-state index in [1.807, 2.05) is 42.5 Å². The Hall–Kier alpha value is -4.83. The number of benzene rings is 3. The second-order valence-corrected chi connectivity index (χ2v) is 16.9. The zero-order chi connectivity index (χ0) is 43.6. The third-order valence-electron chi connectivity index (χ3n) is 10.8. The van der Waals surface area contributed by atoms with Gasteiger partial charge in [0.2, 0.25) is 23.6 Å². The second kappa shape index (κ2) is 20.6. The van der Waals surface area contributed by atoms with Crippen LogP contribution in [-0.2, 0) is 64.7 Å². The predicted molar refractivity (Wildman–Crippen MR) is 222 cm³/mol. The molecule has 4 atom stereocenters. The number of nitrogens with two attached hydrogens (primary N) is 2. The number of primary amides is 1. The number of aryl methyl sites for hydroxylation is 2. The summed E-state index contributed by atoms with van der Waals surface area (Å²) in [5, 5.41) is 5.79. The van der Waals surface area contributed by atoms with E-state index in [-0.39, 0.29) is 32.3 Å². The van der Waals surface area contributed by atoms with Crippen LogP contribution < -0.4 is 27.0 Å². The van der Waals surface area contributed by atoms with Crippen LogP contribution in [0.4, 0.5) is 14.5 Å². The van der Waals surface area contributed by atoms with E-state index in [4.69, 9.17) is 30.7 Å². The molecule has 0 saturated carbocycles. The second-order valence-electron chi connectivity index (χ2n) is 15.3. The molecular weight excluding hydrogens is 799 g/mol. The highest BCUT2D eigenvalue weighted by molar-refractivity contribution is 7.52. The summed E-state index contributed by atoms with van der Waals surface area (Å²) in [5.74, 6) is -2.12. The Morgan fingerprint density at radius 1 is 1.02 bits per heavy atom. The molecule has 3 aromatic carbocycles. The maximum absolute atomic E-state index is 14.3. The lowest BCUT2D eigenvalue weighted by atomic mass is 10.0. The molecule has 0 aliphatic carbocycles. The lowest BCUT2D eigenvalue weighted by molar-refractivity contribution is -0.129. The van der Waals surface area contributed by atoms with Crippen LogP contribution in [-0.4, -0.2) is 77.4 Å². The molecule has 4 amide bonds. The number of carbonyl (C=O) groups is 4. The van der Waals surface area contributed by atoms with Gasteiger partial charge >= 0.3 is 13.3 Å². The number of hydrogen-bond donors (Lipinski definition) is 6. The summed E-state index contributed by atoms with van der Waals surface area (Å²) in [7, 11) is -5.76. The van der Waals surface area contributed by atoms with E-state index < -0.39 is 66.7 Å². The summed E-state index contributed by atoms with van der Waals surface area (Å²) < 4.78 is 51.4. The molecule has 2 aliphatic heterocycles. The first-order valence-electron chi connectivity index (χ1n) is 20.0. The standard InChI is InChI=1S/C43H54F2N5O9P/c1-27(31-13-16-34(17-14-31)43(44,45)60(55,56)57)24-39(52)48-36-18-15-32-7-3-8-33-25-37(50(40(32)33)42(36)54)41(53)49-35(19-20-38(47)51)28(2)59-26-30-11-9-29(10-12-30)6-4-22-58-23-5-21-46/h3,7-14,16-17,24,28,35-37H,4-6,15,18-23,25-26,46H2,1-2H3,(H2,47,51)(H,48,52)(H,49,53)(H2,55,56,57)/b27-24+/t28-,35+,36+,37+/m1/s1. The molecule has 8 N–H and O–H groups in total. The highest BCUT2D eigenvalue weighted by atomic mass is 31.2. The molecule has 3 aromatic rings. The number of para-hydroxylation sites is 1. The normalized spacial score (nSPS) is 17.8. The van der Waals surface area contributed by atoms with Crippen LogP contribution in [0.2, 0.25) is 0 Å². The predicted octanol–water partition coefficient (Wildman–Crippen LogP) is 4.36. The van der Waals surface area contributed by atoms with Crippen LogP contribution >= 0.6 is 7.60 Å². The number of carbonyl (C=O) groups excluding carboxylic acids is 4. The Balaban J connectivity index is 1.25. The molecule has 2 heterocycles. The van der Waals surface area contributed by atoms with Gasteiger partial charge in [-0.05, 0) is 92.3 Å². The number of amides is 4. The highest BCUT2D eigenvalue weighted by Crippen LogP contribution is 2.59. The largest absolute Gasteiger partial charge is 0.399 e. The summed E-state index contributed by atoms with van der Waals surface area (Å²) in [6, 6.07) is 15.2. The van der Waals surface area contributed by atoms with Gasteiger partial charge in [0, 0.05) is 37.7 Å². The minimum Gasteiger partial charge on any atom is -0.381 e. The summed E-state index contributed by atoms with van der Waals surface area (Å²) in [6.45, 7) is 5.53. The first kappa shape index (κ1) is 46.2. The number of alkyl halides is 2. The first-order valence-corrected chi connectivity index (χ1v) is 21.6. The Morgan fingerprint density at radius 3 is 2.35 bits per heavy atom. The maximum Gasteiger partial charge on any atom is 0.399 e. The van der Waals surface area contributed by atoms with Crippen molar-refractivity contribution >= 4 is 42.5 Å². The van der Waals surface area contributed by atoms with E-state index in [2.05, 4.69) is 10.6 Å². The maximum atomic E-state index is 14.3. The molecule has 0 radical (unpaired) electrons. The number of anilines is 1. The number of nitrogens with zero attached hydrogens (tertiary/aromatic N) is 1. The minimum atomic E-state index is -5.76. The fourth-order valence-corrected chi connectivity index (χ4v) is 7.87. The fourth-order valence-electron chi connectivity index (χ4n) is 7.38. The van der Waals surface area contributed by atoms with Crippen LogP contribution in [0.5, 0.6) is 0 Å². The van der Waals surface area contributed by atoms with Crippen LogP contribution in [0.25, 0.3) is 5.57 Å². The van der Waals surface area contributed by atoms with Gasteiger partial charge in [0.05, 0.1) is 24.4 Å². The Morgan fingerprint density at radius 2 is 1.68 bits per heavy atom. The minimum absolute atomic E-state index is 0.00791. The van der Waals surface area contributed by atoms with Gasteiger partial charge in [-0.25, -0.2) is 0 Å². The van der Waals surface area contributed by atoms with Gasteiger partial charge in [-0.1, -0.05) is 66.7 Å². The lowest BCUT2D eigenvalue weighted by Crippen LogP contribution is -2.56. The van der Waals surface area contributed by atoms with Gasteiger partial charge in [-0.2, -0.15) is 8.78 Å². The topological polar surface area (TPSA) is 224 Å². The van der Waals surface area contributed by atoms with Gasteiger partial charge in [0.1, 0.15) is 12.1 Å². The third-order valence-corrected chi connectivity index (χ3v) is 11.8. The molecule has 14 nitrogen and oxygen atoms in total. The average molecular weight is 854 g/mol. The summed E-state index contributed by atoms with van der Waals surface area (Å²) in [4.78, 5) is 73.2. The van der Waals surface area contributed by atoms with E-state index >= 15 is 0 Å². The third kappa shape index (κ3) is 11.7. The van der Waals surface area contributed by atoms with E-state index in [1.165, 1.54) is 28.7 Å². The van der Waals surface area contributed by atoms with Crippen molar-refractivity contribution in [1.29, 1.82) is 0 Å². The quantitative estimate of drug-likeness (QED) is 0.0505. The molecule has 60 heavy (non-hydrogen) atoms. The fraction of sp³-hybridized carbons (Fsp3) is 0.442. The molecule has 0 aromatic heterocycles. The number of ether oxygens (including phenoxy) is 2. The highest BCUT2D eigenvalue weighted by Gasteiger charge is 2.50. The molecule has 17 heteroatoms. The van der Waals surface area contributed by atoms with Gasteiger partial charge in [0.15, 0.2) is 0 Å². The average Bonchev–Trinajstić information content (AvgIpc) is 3.55. The Kier molecular flexibility index (Phi) is 15.9. The number of halogens is 2. The van der Waals surface area contributed by atoms with Crippen molar-refractivity contribution in [1.82, 2.24) is 10.6 Å².